The van der Waals surface area contributed by atoms with E-state index in [1.165, 1.54) is 19.2 Å². The normalized spacial score (nSPS) is 19.1. The summed E-state index contributed by atoms with van der Waals surface area (Å²) < 4.78 is 45.7. The first-order chi connectivity index (χ1) is 20.1. The van der Waals surface area contributed by atoms with Gasteiger partial charge in [-0.3, -0.25) is 9.59 Å². The minimum atomic E-state index is -4.43. The first-order valence-electron chi connectivity index (χ1n) is 13.9. The van der Waals surface area contributed by atoms with Crippen molar-refractivity contribution in [2.45, 2.75) is 56.6 Å². The number of benzene rings is 3. The average molecular weight is 610 g/mol. The van der Waals surface area contributed by atoms with Crippen LogP contribution in [0.15, 0.2) is 65.6 Å². The van der Waals surface area contributed by atoms with Gasteiger partial charge in [-0.1, -0.05) is 68.3 Å². The number of carbonyl (C=O) groups excluding carboxylic acids is 2. The summed E-state index contributed by atoms with van der Waals surface area (Å²) in [5, 5.41) is 12.8. The zero-order valence-electron chi connectivity index (χ0n) is 25.8. The molecule has 0 fully saturated rings. The Kier molecular flexibility index (Phi) is 8.79. The number of esters is 2. The Morgan fingerprint density at radius 1 is 0.884 bits per heavy atom. The number of β-amino-alcohol motifs (C(OH)–C–C–N with tert-alkyl or cyclic N) is 1. The minimum Gasteiger partial charge on any atom is -0.496 e. The van der Waals surface area contributed by atoms with Crippen LogP contribution >= 0.6 is 0 Å². The van der Waals surface area contributed by atoms with E-state index < -0.39 is 46.1 Å². The number of sulfonamides is 1. The fourth-order valence-electron chi connectivity index (χ4n) is 5.61. The molecule has 1 aliphatic rings. The van der Waals surface area contributed by atoms with Crippen LogP contribution in [0, 0.1) is 19.8 Å². The van der Waals surface area contributed by atoms with E-state index in [1.54, 1.807) is 36.4 Å². The van der Waals surface area contributed by atoms with Gasteiger partial charge < -0.3 is 19.3 Å². The van der Waals surface area contributed by atoms with E-state index in [1.807, 2.05) is 46.8 Å². The molecule has 43 heavy (non-hydrogen) atoms. The second kappa shape index (κ2) is 11.7. The van der Waals surface area contributed by atoms with Gasteiger partial charge >= 0.3 is 11.9 Å². The van der Waals surface area contributed by atoms with Gasteiger partial charge in [0.05, 0.1) is 38.8 Å². The van der Waals surface area contributed by atoms with E-state index in [9.17, 15) is 23.1 Å². The van der Waals surface area contributed by atoms with Crippen LogP contribution in [0.25, 0.3) is 0 Å². The van der Waals surface area contributed by atoms with E-state index in [-0.39, 0.29) is 15.9 Å². The summed E-state index contributed by atoms with van der Waals surface area (Å²) in [5.41, 5.74) is 1.22. The Balaban J connectivity index is 2.12. The topological polar surface area (TPSA) is 119 Å². The van der Waals surface area contributed by atoms with Crippen molar-refractivity contribution in [2.75, 3.05) is 27.9 Å². The van der Waals surface area contributed by atoms with Gasteiger partial charge in [-0.2, -0.15) is 4.31 Å². The van der Waals surface area contributed by atoms with Crippen molar-refractivity contribution in [3.63, 3.8) is 0 Å². The fraction of sp³-hybridized carbons (Fsp3) is 0.394. The molecule has 9 nitrogen and oxygen atoms in total. The van der Waals surface area contributed by atoms with Crippen LogP contribution in [0.4, 0.5) is 0 Å². The molecule has 1 aliphatic heterocycles. The van der Waals surface area contributed by atoms with Gasteiger partial charge in [0.2, 0.25) is 10.0 Å². The lowest BCUT2D eigenvalue weighted by molar-refractivity contribution is -0.162. The van der Waals surface area contributed by atoms with Gasteiger partial charge in [0.25, 0.3) is 0 Å². The van der Waals surface area contributed by atoms with E-state index in [2.05, 4.69) is 0 Å². The lowest BCUT2D eigenvalue weighted by Gasteiger charge is -2.46. The van der Waals surface area contributed by atoms with Gasteiger partial charge in [0, 0.05) is 5.56 Å². The highest BCUT2D eigenvalue weighted by Crippen LogP contribution is 2.50. The highest BCUT2D eigenvalue weighted by atomic mass is 32.2. The van der Waals surface area contributed by atoms with Crippen molar-refractivity contribution < 1.29 is 37.3 Å². The van der Waals surface area contributed by atoms with Crippen LogP contribution in [-0.2, 0) is 40.1 Å². The number of carbonyl (C=O) groups is 2. The van der Waals surface area contributed by atoms with Crippen LogP contribution < -0.4 is 4.74 Å². The maximum absolute atomic E-state index is 14.5. The maximum Gasteiger partial charge on any atom is 0.322 e. The van der Waals surface area contributed by atoms with Gasteiger partial charge in [-0.25, -0.2) is 8.42 Å². The number of methoxy groups -OCH3 is 3. The van der Waals surface area contributed by atoms with Crippen LogP contribution in [0.5, 0.6) is 5.75 Å². The first-order valence-corrected chi connectivity index (χ1v) is 15.3. The summed E-state index contributed by atoms with van der Waals surface area (Å²) in [7, 11) is -0.710. The van der Waals surface area contributed by atoms with Gasteiger partial charge in [0.1, 0.15) is 11.4 Å². The molecule has 1 heterocycles. The Morgan fingerprint density at radius 2 is 1.47 bits per heavy atom. The van der Waals surface area contributed by atoms with Crippen molar-refractivity contribution in [3.05, 3.63) is 94.0 Å². The van der Waals surface area contributed by atoms with Crippen molar-refractivity contribution >= 4 is 22.0 Å². The van der Waals surface area contributed by atoms with Crippen LogP contribution in [0.1, 0.15) is 60.2 Å². The summed E-state index contributed by atoms with van der Waals surface area (Å²) >= 11 is 0. The molecule has 0 saturated carbocycles. The largest absolute Gasteiger partial charge is 0.496 e. The van der Waals surface area contributed by atoms with Crippen molar-refractivity contribution in [1.82, 2.24) is 4.31 Å². The lowest BCUT2D eigenvalue weighted by Crippen LogP contribution is -2.55. The molecule has 2 unspecified atom stereocenters. The summed E-state index contributed by atoms with van der Waals surface area (Å²) in [6, 6.07) is 15.4. The smallest absolute Gasteiger partial charge is 0.322 e. The van der Waals surface area contributed by atoms with E-state index >= 15 is 0 Å². The zero-order valence-corrected chi connectivity index (χ0v) is 26.6. The van der Waals surface area contributed by atoms with Crippen LogP contribution in [0.2, 0.25) is 0 Å². The quantitative estimate of drug-likeness (QED) is 0.306. The number of aryl methyl sites for hydroxylation is 2. The van der Waals surface area contributed by atoms with Crippen molar-refractivity contribution in [2.24, 2.45) is 5.92 Å². The summed E-state index contributed by atoms with van der Waals surface area (Å²) in [6.07, 6.45) is 0. The number of hydrogen-bond acceptors (Lipinski definition) is 8. The SMILES string of the molecule is COC(=O)C(C(=O)OC)C1c2ccc(C)cc2C(O)(c2cc(C(C)(C)C)ccc2OC)CN1S(=O)(=O)c1ccc(C)cc1. The molecule has 0 aromatic heterocycles. The molecule has 230 valence electrons. The van der Waals surface area contributed by atoms with Crippen molar-refractivity contribution in [1.29, 1.82) is 0 Å². The lowest BCUT2D eigenvalue weighted by atomic mass is 9.74. The maximum atomic E-state index is 14.5. The van der Waals surface area contributed by atoms with E-state index in [0.717, 1.165) is 35.2 Å². The summed E-state index contributed by atoms with van der Waals surface area (Å²) in [5.74, 6) is -3.26. The Hall–Kier alpha value is -3.73. The molecule has 0 amide bonds. The average Bonchev–Trinajstić information content (AvgIpc) is 2.97. The highest BCUT2D eigenvalue weighted by Gasteiger charge is 2.55. The highest BCUT2D eigenvalue weighted by molar-refractivity contribution is 7.89. The number of rotatable bonds is 7. The molecule has 4 rings (SSSR count). The Bertz CT molecular complexity index is 1630. The summed E-state index contributed by atoms with van der Waals surface area (Å²) in [6.45, 7) is 9.23. The molecule has 3 aromatic rings. The molecule has 3 aromatic carbocycles. The van der Waals surface area contributed by atoms with E-state index in [4.69, 9.17) is 14.2 Å². The predicted molar refractivity (Wildman–Crippen MR) is 161 cm³/mol. The van der Waals surface area contributed by atoms with Crippen molar-refractivity contribution in [3.8, 4) is 5.75 Å². The fourth-order valence-corrected chi connectivity index (χ4v) is 7.25. The minimum absolute atomic E-state index is 0.0649. The second-order valence-electron chi connectivity index (χ2n) is 11.9. The Labute approximate surface area is 253 Å². The molecular formula is C33H39NO8S. The molecule has 0 aliphatic carbocycles. The number of hydrogen-bond donors (Lipinski definition) is 1. The summed E-state index contributed by atoms with van der Waals surface area (Å²) in [4.78, 5) is 26.3. The number of nitrogens with zero attached hydrogens (tertiary/aromatic N) is 1. The Morgan fingerprint density at radius 3 is 2.00 bits per heavy atom. The molecular weight excluding hydrogens is 570 g/mol. The zero-order chi connectivity index (χ0) is 31.9. The number of fused-ring (bicyclic) bond motifs is 1. The molecule has 0 bridgehead atoms. The number of ether oxygens (including phenoxy) is 3. The number of aliphatic hydroxyl groups is 1. The molecule has 0 radical (unpaired) electrons. The third-order valence-corrected chi connectivity index (χ3v) is 9.87. The molecule has 1 N–H and O–H groups in total. The van der Waals surface area contributed by atoms with Crippen LogP contribution in [0.3, 0.4) is 0 Å². The van der Waals surface area contributed by atoms with Gasteiger partial charge in [-0.15, -0.1) is 0 Å². The molecule has 0 spiro atoms. The van der Waals surface area contributed by atoms with Gasteiger partial charge in [-0.05, 0) is 60.2 Å². The molecule has 2 atom stereocenters. The van der Waals surface area contributed by atoms with Gasteiger partial charge in [0.15, 0.2) is 5.92 Å². The monoisotopic (exact) mass is 609 g/mol. The van der Waals surface area contributed by atoms with Crippen LogP contribution in [-0.4, -0.2) is 57.6 Å². The van der Waals surface area contributed by atoms with E-state index in [0.29, 0.717) is 16.9 Å². The first kappa shape index (κ1) is 32.2. The second-order valence-corrected chi connectivity index (χ2v) is 13.8. The predicted octanol–water partition coefficient (Wildman–Crippen LogP) is 4.55. The third kappa shape index (κ3) is 5.79. The standard InChI is InChI=1S/C33H39NO8S/c1-20-9-13-23(14-10-20)43(38,39)34-19-33(37,26-18-22(32(3,4)5)12-16-27(26)40-6)25-17-21(2)11-15-24(25)29(34)28(30(35)41-7)31(36)42-8/h9-18,28-29,37H,19H2,1-8H3. The molecule has 0 saturated heterocycles. The molecule has 10 heteroatoms. The third-order valence-electron chi connectivity index (χ3n) is 8.03.